The molecule has 1 saturated heterocycles. The van der Waals surface area contributed by atoms with Crippen molar-refractivity contribution in [2.75, 3.05) is 19.7 Å². The standard InChI is InChI=1S/C18H18ClN3O/c19-16-5-6-18(22-11-16)23-8-7-15-10-21-12-17(15)14-3-1-13(9-20)2-4-14/h1-6,11,15,17,21H,7-8,10,12H2/t15-,17-/m1/s1. The monoisotopic (exact) mass is 327 g/mol. The Hall–Kier alpha value is -2.09. The third kappa shape index (κ3) is 4.01. The first-order valence-corrected chi connectivity index (χ1v) is 8.09. The van der Waals surface area contributed by atoms with E-state index >= 15 is 0 Å². The van der Waals surface area contributed by atoms with Crippen LogP contribution < -0.4 is 10.1 Å². The largest absolute Gasteiger partial charge is 0.478 e. The van der Waals surface area contributed by atoms with Crippen LogP contribution in [0.5, 0.6) is 5.88 Å². The van der Waals surface area contributed by atoms with Gasteiger partial charge in [0.25, 0.3) is 0 Å². The van der Waals surface area contributed by atoms with E-state index in [-0.39, 0.29) is 0 Å². The smallest absolute Gasteiger partial charge is 0.213 e. The van der Waals surface area contributed by atoms with Gasteiger partial charge in [0.2, 0.25) is 5.88 Å². The molecule has 1 aromatic carbocycles. The zero-order chi connectivity index (χ0) is 16.1. The molecule has 2 heterocycles. The summed E-state index contributed by atoms with van der Waals surface area (Å²) in [7, 11) is 0. The second kappa shape index (κ2) is 7.45. The molecular formula is C18H18ClN3O. The fourth-order valence-electron chi connectivity index (χ4n) is 2.99. The number of benzene rings is 1. The van der Waals surface area contributed by atoms with Crippen LogP contribution in [0, 0.1) is 17.2 Å². The van der Waals surface area contributed by atoms with E-state index in [9.17, 15) is 0 Å². The number of halogens is 1. The van der Waals surface area contributed by atoms with E-state index in [0.29, 0.717) is 34.9 Å². The molecule has 1 fully saturated rings. The third-order valence-electron chi connectivity index (χ3n) is 4.25. The van der Waals surface area contributed by atoms with Crippen LogP contribution in [0.15, 0.2) is 42.6 Å². The van der Waals surface area contributed by atoms with Gasteiger partial charge in [-0.3, -0.25) is 0 Å². The van der Waals surface area contributed by atoms with Gasteiger partial charge in [0, 0.05) is 24.7 Å². The molecule has 1 aliphatic heterocycles. The first kappa shape index (κ1) is 15.8. The highest BCUT2D eigenvalue weighted by molar-refractivity contribution is 6.30. The maximum absolute atomic E-state index is 8.89. The minimum absolute atomic E-state index is 0.463. The summed E-state index contributed by atoms with van der Waals surface area (Å²) in [6, 6.07) is 13.6. The molecule has 0 spiro atoms. The number of ether oxygens (including phenoxy) is 1. The molecule has 3 rings (SSSR count). The molecule has 4 nitrogen and oxygen atoms in total. The van der Waals surface area contributed by atoms with E-state index in [1.165, 1.54) is 5.56 Å². The van der Waals surface area contributed by atoms with Crippen LogP contribution >= 0.6 is 11.6 Å². The highest BCUT2D eigenvalue weighted by Crippen LogP contribution is 2.30. The van der Waals surface area contributed by atoms with Crippen LogP contribution in [0.2, 0.25) is 5.02 Å². The van der Waals surface area contributed by atoms with Crippen molar-refractivity contribution < 1.29 is 4.74 Å². The lowest BCUT2D eigenvalue weighted by molar-refractivity contribution is 0.267. The minimum atomic E-state index is 0.463. The van der Waals surface area contributed by atoms with E-state index in [1.807, 2.05) is 12.1 Å². The molecule has 0 amide bonds. The molecule has 2 atom stereocenters. The number of nitriles is 1. The Morgan fingerprint density at radius 2 is 2.04 bits per heavy atom. The molecule has 118 valence electrons. The van der Waals surface area contributed by atoms with Crippen molar-refractivity contribution in [3.05, 3.63) is 58.7 Å². The predicted molar refractivity (Wildman–Crippen MR) is 89.6 cm³/mol. The molecule has 0 aliphatic carbocycles. The Kier molecular flexibility index (Phi) is 5.12. The van der Waals surface area contributed by atoms with Crippen LogP contribution in [-0.2, 0) is 0 Å². The van der Waals surface area contributed by atoms with Gasteiger partial charge in [-0.2, -0.15) is 5.26 Å². The number of rotatable bonds is 5. The summed E-state index contributed by atoms with van der Waals surface area (Å²) in [5.41, 5.74) is 1.98. The fourth-order valence-corrected chi connectivity index (χ4v) is 3.11. The van der Waals surface area contributed by atoms with Crippen LogP contribution in [0.3, 0.4) is 0 Å². The first-order chi connectivity index (χ1) is 11.3. The molecule has 1 aromatic heterocycles. The van der Waals surface area contributed by atoms with Gasteiger partial charge < -0.3 is 10.1 Å². The first-order valence-electron chi connectivity index (χ1n) is 7.71. The number of nitrogens with zero attached hydrogens (tertiary/aromatic N) is 2. The van der Waals surface area contributed by atoms with E-state index < -0.39 is 0 Å². The van der Waals surface area contributed by atoms with Crippen molar-refractivity contribution in [2.45, 2.75) is 12.3 Å². The molecule has 0 unspecified atom stereocenters. The van der Waals surface area contributed by atoms with Crippen LogP contribution in [0.1, 0.15) is 23.5 Å². The lowest BCUT2D eigenvalue weighted by Crippen LogP contribution is -2.15. The molecule has 1 N–H and O–H groups in total. The minimum Gasteiger partial charge on any atom is -0.478 e. The van der Waals surface area contributed by atoms with Crippen molar-refractivity contribution in [3.8, 4) is 11.9 Å². The summed E-state index contributed by atoms with van der Waals surface area (Å²) in [6.45, 7) is 2.59. The fraction of sp³-hybridized carbons (Fsp3) is 0.333. The topological polar surface area (TPSA) is 57.9 Å². The van der Waals surface area contributed by atoms with Gasteiger partial charge in [0.05, 0.1) is 23.3 Å². The van der Waals surface area contributed by atoms with E-state index in [4.69, 9.17) is 21.6 Å². The summed E-state index contributed by atoms with van der Waals surface area (Å²) in [6.07, 6.45) is 2.55. The molecule has 5 heteroatoms. The Morgan fingerprint density at radius 1 is 1.22 bits per heavy atom. The average molecular weight is 328 g/mol. The SMILES string of the molecule is N#Cc1ccc([C@H]2CNC[C@H]2CCOc2ccc(Cl)cn2)cc1. The van der Waals surface area contributed by atoms with Gasteiger partial charge in [-0.15, -0.1) is 0 Å². The predicted octanol–water partition coefficient (Wildman–Crippen LogP) is 3.38. The van der Waals surface area contributed by atoms with Crippen molar-refractivity contribution >= 4 is 11.6 Å². The van der Waals surface area contributed by atoms with Crippen LogP contribution in [0.4, 0.5) is 0 Å². The Bertz CT molecular complexity index is 679. The molecule has 2 aromatic rings. The zero-order valence-corrected chi connectivity index (χ0v) is 13.5. The van der Waals surface area contributed by atoms with Gasteiger partial charge in [-0.05, 0) is 42.6 Å². The maximum Gasteiger partial charge on any atom is 0.213 e. The lowest BCUT2D eigenvalue weighted by Gasteiger charge is -2.19. The molecule has 0 bridgehead atoms. The van der Waals surface area contributed by atoms with Gasteiger partial charge in [-0.25, -0.2) is 4.98 Å². The van der Waals surface area contributed by atoms with E-state index in [0.717, 1.165) is 19.5 Å². The van der Waals surface area contributed by atoms with Gasteiger partial charge in [0.1, 0.15) is 0 Å². The molecule has 0 saturated carbocycles. The van der Waals surface area contributed by atoms with Crippen LogP contribution in [-0.4, -0.2) is 24.7 Å². The number of hydrogen-bond donors (Lipinski definition) is 1. The number of hydrogen-bond acceptors (Lipinski definition) is 4. The van der Waals surface area contributed by atoms with Crippen molar-refractivity contribution in [2.24, 2.45) is 5.92 Å². The highest BCUT2D eigenvalue weighted by atomic mass is 35.5. The van der Waals surface area contributed by atoms with E-state index in [2.05, 4.69) is 28.5 Å². The normalized spacial score (nSPS) is 20.2. The van der Waals surface area contributed by atoms with Gasteiger partial charge in [0.15, 0.2) is 0 Å². The summed E-state index contributed by atoms with van der Waals surface area (Å²) >= 11 is 5.81. The average Bonchev–Trinajstić information content (AvgIpc) is 3.05. The molecule has 1 aliphatic rings. The van der Waals surface area contributed by atoms with Gasteiger partial charge in [-0.1, -0.05) is 23.7 Å². The maximum atomic E-state index is 8.89. The Morgan fingerprint density at radius 3 is 2.74 bits per heavy atom. The quantitative estimate of drug-likeness (QED) is 0.914. The summed E-state index contributed by atoms with van der Waals surface area (Å²) in [5, 5.41) is 13.0. The van der Waals surface area contributed by atoms with Crippen molar-refractivity contribution in [1.29, 1.82) is 5.26 Å². The summed E-state index contributed by atoms with van der Waals surface area (Å²) in [5.74, 6) is 1.59. The highest BCUT2D eigenvalue weighted by Gasteiger charge is 2.28. The second-order valence-corrected chi connectivity index (χ2v) is 6.15. The summed E-state index contributed by atoms with van der Waals surface area (Å²) < 4.78 is 5.70. The zero-order valence-electron chi connectivity index (χ0n) is 12.7. The lowest BCUT2D eigenvalue weighted by atomic mass is 9.87. The number of aromatic nitrogens is 1. The molecule has 23 heavy (non-hydrogen) atoms. The van der Waals surface area contributed by atoms with Crippen LogP contribution in [0.25, 0.3) is 0 Å². The molecular weight excluding hydrogens is 310 g/mol. The number of nitrogens with one attached hydrogen (secondary N) is 1. The van der Waals surface area contributed by atoms with E-state index in [1.54, 1.807) is 18.3 Å². The van der Waals surface area contributed by atoms with Crippen molar-refractivity contribution in [1.82, 2.24) is 10.3 Å². The summed E-state index contributed by atoms with van der Waals surface area (Å²) in [4.78, 5) is 4.14. The Labute approximate surface area is 141 Å². The number of pyridine rings is 1. The second-order valence-electron chi connectivity index (χ2n) is 5.71. The Balaban J connectivity index is 1.56. The van der Waals surface area contributed by atoms with Crippen molar-refractivity contribution in [3.63, 3.8) is 0 Å². The molecule has 0 radical (unpaired) electrons. The third-order valence-corrected chi connectivity index (χ3v) is 4.47. The van der Waals surface area contributed by atoms with Gasteiger partial charge >= 0.3 is 0 Å².